The van der Waals surface area contributed by atoms with E-state index in [0.29, 0.717) is 0 Å². The van der Waals surface area contributed by atoms with E-state index in [9.17, 15) is 0 Å². The first-order chi connectivity index (χ1) is 1.91. The van der Waals surface area contributed by atoms with Crippen LogP contribution in [0.2, 0.25) is 0 Å². The van der Waals surface area contributed by atoms with Crippen molar-refractivity contribution in [3.63, 3.8) is 0 Å². The molecule has 0 unspecified atom stereocenters. The van der Waals surface area contributed by atoms with Crippen LogP contribution in [-0.2, 0) is 11.8 Å². The monoisotopic (exact) mass is 92.0 g/mol. The molecule has 0 radical (unpaired) electrons. The Balaban J connectivity index is 2.30. The lowest BCUT2D eigenvalue weighted by atomic mass is 11.0. The molecule has 4 heavy (non-hydrogen) atoms. The Labute approximate surface area is 33.1 Å². The van der Waals surface area contributed by atoms with Crippen molar-refractivity contribution in [1.29, 1.82) is 0 Å². The highest BCUT2D eigenvalue weighted by molar-refractivity contribution is 7.96. The maximum Gasteiger partial charge on any atom is -0.00300 e. The lowest BCUT2D eigenvalue weighted by molar-refractivity contribution is 1.53. The standard InChI is InChI=1S/C2H5PS/c1-2-3-4/h2H2,1H3. The van der Waals surface area contributed by atoms with Crippen LogP contribution in [0.5, 0.6) is 0 Å². The maximum atomic E-state index is 4.53. The first-order valence-electron chi connectivity index (χ1n) is 1.21. The van der Waals surface area contributed by atoms with E-state index in [1.165, 1.54) is 0 Å². The Morgan fingerprint density at radius 2 is 2.25 bits per heavy atom. The van der Waals surface area contributed by atoms with E-state index in [0.717, 1.165) is 13.5 Å². The average Bonchev–Trinajstić information content (AvgIpc) is 1.37. The maximum absolute atomic E-state index is 4.53. The van der Waals surface area contributed by atoms with Gasteiger partial charge in [0.05, 0.1) is 0 Å². The number of hydrogen-bond acceptors (Lipinski definition) is 1. The minimum Gasteiger partial charge on any atom is -0.0578 e. The first-order valence-corrected chi connectivity index (χ1v) is 3.30. The molecule has 0 heterocycles. The van der Waals surface area contributed by atoms with E-state index in [-0.39, 0.29) is 0 Å². The number of hydrogen-bond donors (Lipinski definition) is 0. The molecule has 0 aromatic heterocycles. The van der Waals surface area contributed by atoms with Crippen molar-refractivity contribution in [3.8, 4) is 0 Å². The third-order valence-electron chi connectivity index (χ3n) is 0.129. The van der Waals surface area contributed by atoms with E-state index >= 15 is 0 Å². The summed E-state index contributed by atoms with van der Waals surface area (Å²) in [5.74, 6) is 0. The van der Waals surface area contributed by atoms with Crippen molar-refractivity contribution in [1.82, 2.24) is 0 Å². The van der Waals surface area contributed by atoms with Crippen LogP contribution in [-0.4, -0.2) is 6.16 Å². The third kappa shape index (κ3) is 2.52. The van der Waals surface area contributed by atoms with E-state index in [2.05, 4.69) is 18.7 Å². The van der Waals surface area contributed by atoms with Gasteiger partial charge in [0, 0.05) is 0 Å². The third-order valence-corrected chi connectivity index (χ3v) is 1.16. The molecule has 0 aromatic rings. The predicted octanol–water partition coefficient (Wildman–Crippen LogP) is 1.41. The van der Waals surface area contributed by atoms with Gasteiger partial charge in [-0.15, -0.1) is 0 Å². The van der Waals surface area contributed by atoms with Gasteiger partial charge in [-0.05, 0) is 13.5 Å². The van der Waals surface area contributed by atoms with E-state index in [1.54, 1.807) is 0 Å². The van der Waals surface area contributed by atoms with Gasteiger partial charge in [-0.3, -0.25) is 0 Å². The van der Waals surface area contributed by atoms with Crippen LogP contribution in [0.4, 0.5) is 0 Å². The molecular formula is C2H5PS. The fourth-order valence-electron chi connectivity index (χ4n) is 0. The molecule has 0 aliphatic carbocycles. The molecule has 24 valence electrons. The van der Waals surface area contributed by atoms with Gasteiger partial charge in [0.2, 0.25) is 0 Å². The largest absolute Gasteiger partial charge is 0.0578 e. The van der Waals surface area contributed by atoms with Gasteiger partial charge in [0.15, 0.2) is 0 Å². The van der Waals surface area contributed by atoms with Gasteiger partial charge >= 0.3 is 0 Å². The molecule has 0 atom stereocenters. The fourth-order valence-corrected chi connectivity index (χ4v) is 0. The number of rotatable bonds is 1. The van der Waals surface area contributed by atoms with Gasteiger partial charge in [-0.2, -0.15) is 0 Å². The average molecular weight is 92.1 g/mol. The van der Waals surface area contributed by atoms with Crippen LogP contribution in [0.1, 0.15) is 6.92 Å². The Bertz CT molecular complexity index is 20.0. The molecule has 0 rings (SSSR count). The summed E-state index contributed by atoms with van der Waals surface area (Å²) in [4.78, 5) is 0. The zero-order valence-electron chi connectivity index (χ0n) is 2.56. The molecule has 0 bridgehead atoms. The SMILES string of the molecule is CCP=S. The van der Waals surface area contributed by atoms with E-state index < -0.39 is 0 Å². The molecule has 0 aliphatic rings. The normalized spacial score (nSPS) is 8.25. The van der Waals surface area contributed by atoms with Crippen molar-refractivity contribution in [2.45, 2.75) is 6.92 Å². The zero-order valence-corrected chi connectivity index (χ0v) is 4.27. The van der Waals surface area contributed by atoms with E-state index in [4.69, 9.17) is 0 Å². The van der Waals surface area contributed by atoms with Crippen LogP contribution in [0.3, 0.4) is 0 Å². The van der Waals surface area contributed by atoms with Gasteiger partial charge in [-0.25, -0.2) is 0 Å². The van der Waals surface area contributed by atoms with Crippen molar-refractivity contribution in [2.24, 2.45) is 0 Å². The molecule has 0 fully saturated rings. The second-order valence-electron chi connectivity index (χ2n) is 0.445. The van der Waals surface area contributed by atoms with Crippen LogP contribution >= 0.6 is 7.36 Å². The van der Waals surface area contributed by atoms with E-state index in [1.807, 2.05) is 0 Å². The van der Waals surface area contributed by atoms with Gasteiger partial charge in [0.1, 0.15) is 0 Å². The summed E-state index contributed by atoms with van der Waals surface area (Å²) in [6.07, 6.45) is 1.11. The summed E-state index contributed by atoms with van der Waals surface area (Å²) in [7, 11) is 1.08. The molecule has 0 N–H and O–H groups in total. The summed E-state index contributed by atoms with van der Waals surface area (Å²) in [6.45, 7) is 2.06. The highest BCUT2D eigenvalue weighted by Crippen LogP contribution is 1.83. The molecule has 0 amide bonds. The van der Waals surface area contributed by atoms with Crippen molar-refractivity contribution < 1.29 is 0 Å². The van der Waals surface area contributed by atoms with Gasteiger partial charge in [-0.1, -0.05) is 18.7 Å². The Kier molecular flexibility index (Phi) is 3.98. The zero-order chi connectivity index (χ0) is 3.41. The quantitative estimate of drug-likeness (QED) is 0.441. The molecule has 0 aromatic carbocycles. The topological polar surface area (TPSA) is 0 Å². The Hall–Kier alpha value is 0.520. The lowest BCUT2D eigenvalue weighted by Gasteiger charge is -1.53. The smallest absolute Gasteiger partial charge is 0.00300 e. The van der Waals surface area contributed by atoms with Gasteiger partial charge in [0.25, 0.3) is 0 Å². The van der Waals surface area contributed by atoms with Crippen molar-refractivity contribution in [2.75, 3.05) is 6.16 Å². The summed E-state index contributed by atoms with van der Waals surface area (Å²) in [5, 5.41) is 0. The second-order valence-corrected chi connectivity index (χ2v) is 2.11. The van der Waals surface area contributed by atoms with Crippen LogP contribution in [0, 0.1) is 0 Å². The molecule has 2 heteroatoms. The molecule has 0 saturated carbocycles. The summed E-state index contributed by atoms with van der Waals surface area (Å²) >= 11 is 4.53. The molecule has 0 spiro atoms. The van der Waals surface area contributed by atoms with Crippen molar-refractivity contribution >= 4 is 19.2 Å². The fraction of sp³-hybridized carbons (Fsp3) is 1.00. The summed E-state index contributed by atoms with van der Waals surface area (Å²) in [5.41, 5.74) is 0. The minimum atomic E-state index is 1.08. The lowest BCUT2D eigenvalue weighted by Crippen LogP contribution is -1.39. The second kappa shape index (κ2) is 3.52. The summed E-state index contributed by atoms with van der Waals surface area (Å²) < 4.78 is 0. The van der Waals surface area contributed by atoms with Crippen molar-refractivity contribution in [3.05, 3.63) is 0 Å². The molecule has 0 aliphatic heterocycles. The van der Waals surface area contributed by atoms with Crippen LogP contribution < -0.4 is 0 Å². The molecule has 0 saturated heterocycles. The predicted molar refractivity (Wildman–Crippen MR) is 24.8 cm³/mol. The first kappa shape index (κ1) is 4.52. The minimum absolute atomic E-state index is 1.08. The Morgan fingerprint density at radius 1 is 2.00 bits per heavy atom. The molecule has 0 nitrogen and oxygen atoms in total. The molecular weight excluding hydrogens is 87.1 g/mol. The van der Waals surface area contributed by atoms with Gasteiger partial charge < -0.3 is 0 Å². The highest BCUT2D eigenvalue weighted by Gasteiger charge is 1.49. The van der Waals surface area contributed by atoms with Crippen LogP contribution in [0.25, 0.3) is 0 Å². The summed E-state index contributed by atoms with van der Waals surface area (Å²) in [6, 6.07) is 0. The van der Waals surface area contributed by atoms with Crippen LogP contribution in [0.15, 0.2) is 0 Å². The highest BCUT2D eigenvalue weighted by atomic mass is 32.4. The Morgan fingerprint density at radius 3 is 2.25 bits per heavy atom.